The van der Waals surface area contributed by atoms with Crippen LogP contribution in [0.4, 0.5) is 10.1 Å². The van der Waals surface area contributed by atoms with Crippen LogP contribution < -0.4 is 5.73 Å². The number of nitrogen functional groups attached to an aromatic ring is 1. The molecule has 1 atom stereocenters. The van der Waals surface area contributed by atoms with E-state index in [9.17, 15) is 9.18 Å². The van der Waals surface area contributed by atoms with Gasteiger partial charge in [0.05, 0.1) is 5.56 Å². The highest BCUT2D eigenvalue weighted by Gasteiger charge is 2.31. The van der Waals surface area contributed by atoms with Gasteiger partial charge in [0.25, 0.3) is 5.91 Å². The molecule has 0 aliphatic carbocycles. The van der Waals surface area contributed by atoms with Crippen molar-refractivity contribution in [3.63, 3.8) is 0 Å². The number of halogens is 1. The van der Waals surface area contributed by atoms with E-state index in [0.29, 0.717) is 24.8 Å². The number of carbonyl (C=O) groups excluding carboxylic acids is 1. The number of carbonyl (C=O) groups is 1. The van der Waals surface area contributed by atoms with Gasteiger partial charge in [-0.3, -0.25) is 9.69 Å². The molecule has 2 aliphatic heterocycles. The normalized spacial score (nSPS) is 23.4. The van der Waals surface area contributed by atoms with Gasteiger partial charge in [-0.15, -0.1) is 0 Å². The lowest BCUT2D eigenvalue weighted by atomic mass is 10.1. The summed E-state index contributed by atoms with van der Waals surface area (Å²) >= 11 is 0. The van der Waals surface area contributed by atoms with Gasteiger partial charge >= 0.3 is 0 Å². The first-order chi connectivity index (χ1) is 9.65. The quantitative estimate of drug-likeness (QED) is 0.795. The highest BCUT2D eigenvalue weighted by Crippen LogP contribution is 2.23. The van der Waals surface area contributed by atoms with Gasteiger partial charge < -0.3 is 10.6 Å². The molecule has 5 heteroatoms. The summed E-state index contributed by atoms with van der Waals surface area (Å²) in [6.45, 7) is 3.56. The van der Waals surface area contributed by atoms with Crippen LogP contribution in [0.2, 0.25) is 0 Å². The maximum absolute atomic E-state index is 13.8. The average molecular weight is 277 g/mol. The summed E-state index contributed by atoms with van der Waals surface area (Å²) in [5.41, 5.74) is 6.18. The average Bonchev–Trinajstić information content (AvgIpc) is 2.78. The van der Waals surface area contributed by atoms with Gasteiger partial charge in [0, 0.05) is 31.4 Å². The van der Waals surface area contributed by atoms with Crippen LogP contribution in [0.5, 0.6) is 0 Å². The van der Waals surface area contributed by atoms with Crippen molar-refractivity contribution in [1.29, 1.82) is 0 Å². The Morgan fingerprint density at radius 1 is 1.25 bits per heavy atom. The number of nitrogens with zero attached hydrogens (tertiary/aromatic N) is 2. The van der Waals surface area contributed by atoms with Crippen LogP contribution in [-0.4, -0.2) is 47.9 Å². The van der Waals surface area contributed by atoms with Gasteiger partial charge in [0.2, 0.25) is 0 Å². The summed E-state index contributed by atoms with van der Waals surface area (Å²) in [6.07, 6.45) is 3.27. The molecule has 0 spiro atoms. The molecule has 1 aromatic rings. The fourth-order valence-corrected chi connectivity index (χ4v) is 3.27. The predicted octanol–water partition coefficient (Wildman–Crippen LogP) is 1.72. The monoisotopic (exact) mass is 277 g/mol. The molecular formula is C15H20FN3O. The Bertz CT molecular complexity index is 520. The third-order valence-electron chi connectivity index (χ3n) is 4.31. The molecule has 3 rings (SSSR count). The molecule has 0 saturated carbocycles. The van der Waals surface area contributed by atoms with Crippen LogP contribution in [0.15, 0.2) is 18.2 Å². The number of benzene rings is 1. The number of nitrogens with two attached hydrogens (primary N) is 1. The number of rotatable bonds is 1. The molecule has 108 valence electrons. The maximum Gasteiger partial charge on any atom is 0.256 e. The van der Waals surface area contributed by atoms with Crippen LogP contribution in [0.3, 0.4) is 0 Å². The second-order valence-electron chi connectivity index (χ2n) is 5.68. The number of fused-ring (bicyclic) bond motifs is 1. The molecule has 2 N–H and O–H groups in total. The number of hydrogen-bond acceptors (Lipinski definition) is 3. The first-order valence-corrected chi connectivity index (χ1v) is 7.23. The van der Waals surface area contributed by atoms with E-state index in [1.165, 1.54) is 24.6 Å². The Balaban J connectivity index is 1.80. The highest BCUT2D eigenvalue weighted by atomic mass is 19.1. The molecule has 0 radical (unpaired) electrons. The summed E-state index contributed by atoms with van der Waals surface area (Å²) in [7, 11) is 0. The van der Waals surface area contributed by atoms with Crippen molar-refractivity contribution in [1.82, 2.24) is 9.80 Å². The molecule has 1 unspecified atom stereocenters. The van der Waals surface area contributed by atoms with Gasteiger partial charge in [-0.1, -0.05) is 0 Å². The van der Waals surface area contributed by atoms with E-state index in [2.05, 4.69) is 4.90 Å². The van der Waals surface area contributed by atoms with Crippen molar-refractivity contribution in [3.8, 4) is 0 Å². The van der Waals surface area contributed by atoms with E-state index < -0.39 is 5.82 Å². The molecule has 20 heavy (non-hydrogen) atoms. The molecule has 2 aliphatic rings. The lowest BCUT2D eigenvalue weighted by Crippen LogP contribution is -2.40. The first-order valence-electron chi connectivity index (χ1n) is 7.23. The van der Waals surface area contributed by atoms with E-state index >= 15 is 0 Å². The van der Waals surface area contributed by atoms with Crippen LogP contribution in [0.25, 0.3) is 0 Å². The molecular weight excluding hydrogens is 257 g/mol. The van der Waals surface area contributed by atoms with E-state index in [1.807, 2.05) is 0 Å². The van der Waals surface area contributed by atoms with Crippen LogP contribution in [-0.2, 0) is 0 Å². The fraction of sp³-hybridized carbons (Fsp3) is 0.533. The highest BCUT2D eigenvalue weighted by molar-refractivity contribution is 5.95. The Labute approximate surface area is 118 Å². The molecule has 1 aromatic carbocycles. The standard InChI is InChI=1S/C15H20FN3O/c16-14-5-4-11(17)9-13(14)15(20)19-8-2-7-18-6-1-3-12(18)10-19/h4-5,9,12H,1-3,6-8,10,17H2. The number of amides is 1. The van der Waals surface area contributed by atoms with Gasteiger partial charge in [-0.2, -0.15) is 0 Å². The molecule has 4 nitrogen and oxygen atoms in total. The maximum atomic E-state index is 13.8. The summed E-state index contributed by atoms with van der Waals surface area (Å²) in [6, 6.07) is 4.62. The minimum Gasteiger partial charge on any atom is -0.399 e. The van der Waals surface area contributed by atoms with Gasteiger partial charge in [0.15, 0.2) is 0 Å². The third kappa shape index (κ3) is 2.50. The van der Waals surface area contributed by atoms with Crippen molar-refractivity contribution in [2.24, 2.45) is 0 Å². The zero-order valence-electron chi connectivity index (χ0n) is 11.5. The molecule has 1 amide bonds. The number of hydrogen-bond donors (Lipinski definition) is 1. The van der Waals surface area contributed by atoms with Gasteiger partial charge in [-0.25, -0.2) is 4.39 Å². The largest absolute Gasteiger partial charge is 0.399 e. The van der Waals surface area contributed by atoms with Crippen LogP contribution in [0, 0.1) is 5.82 Å². The minimum absolute atomic E-state index is 0.0939. The topological polar surface area (TPSA) is 49.6 Å². The van der Waals surface area contributed by atoms with Crippen molar-refractivity contribution in [3.05, 3.63) is 29.6 Å². The fourth-order valence-electron chi connectivity index (χ4n) is 3.27. The molecule has 2 fully saturated rings. The van der Waals surface area contributed by atoms with Crippen LogP contribution in [0.1, 0.15) is 29.6 Å². The third-order valence-corrected chi connectivity index (χ3v) is 4.31. The van der Waals surface area contributed by atoms with Crippen LogP contribution >= 0.6 is 0 Å². The van der Waals surface area contributed by atoms with Crippen molar-refractivity contribution < 1.29 is 9.18 Å². The summed E-state index contributed by atoms with van der Waals surface area (Å²) < 4.78 is 13.8. The predicted molar refractivity (Wildman–Crippen MR) is 75.9 cm³/mol. The zero-order valence-corrected chi connectivity index (χ0v) is 11.5. The zero-order chi connectivity index (χ0) is 14.1. The lowest BCUT2D eigenvalue weighted by Gasteiger charge is -2.26. The Morgan fingerprint density at radius 2 is 2.05 bits per heavy atom. The second kappa shape index (κ2) is 5.40. The molecule has 2 heterocycles. The summed E-state index contributed by atoms with van der Waals surface area (Å²) in [5.74, 6) is -0.722. The van der Waals surface area contributed by atoms with Crippen molar-refractivity contribution in [2.75, 3.05) is 31.9 Å². The Hall–Kier alpha value is -1.62. The SMILES string of the molecule is Nc1ccc(F)c(C(=O)N2CCCN3CCCC3C2)c1. The minimum atomic E-state index is -0.489. The van der Waals surface area contributed by atoms with Crippen molar-refractivity contribution >= 4 is 11.6 Å². The Morgan fingerprint density at radius 3 is 2.90 bits per heavy atom. The lowest BCUT2D eigenvalue weighted by molar-refractivity contribution is 0.0739. The van der Waals surface area contributed by atoms with E-state index in [0.717, 1.165) is 25.9 Å². The van der Waals surface area contributed by atoms with Gasteiger partial charge in [0.1, 0.15) is 5.82 Å². The second-order valence-corrected chi connectivity index (χ2v) is 5.68. The van der Waals surface area contributed by atoms with E-state index in [4.69, 9.17) is 5.73 Å². The molecule has 2 saturated heterocycles. The van der Waals surface area contributed by atoms with E-state index in [-0.39, 0.29) is 11.5 Å². The smallest absolute Gasteiger partial charge is 0.256 e. The first kappa shape index (κ1) is 13.4. The summed E-state index contributed by atoms with van der Waals surface area (Å²) in [4.78, 5) is 16.8. The Kier molecular flexibility index (Phi) is 3.61. The van der Waals surface area contributed by atoms with Crippen molar-refractivity contribution in [2.45, 2.75) is 25.3 Å². The molecule has 0 bridgehead atoms. The molecule has 0 aromatic heterocycles. The number of anilines is 1. The van der Waals surface area contributed by atoms with Gasteiger partial charge in [-0.05, 0) is 44.0 Å². The summed E-state index contributed by atoms with van der Waals surface area (Å²) in [5, 5.41) is 0. The van der Waals surface area contributed by atoms with E-state index in [1.54, 1.807) is 4.90 Å².